The SMILES string of the molecule is CC(C)(C)OC(=O)OC(=O)OC(C)(C)C.CCOC(=O)Cl.CCc1c(Cl)ccnc1C.Cc1cc(Cl)ccn1.Cc1nccc(Cl)c1OC=O.Nc1cc(Cl)ccn1.Nc1nccc(Cl)c1OC=O.O=C=O.[Li+].[OH-]. The van der Waals surface area contributed by atoms with Gasteiger partial charge in [-0.1, -0.05) is 64.9 Å². The van der Waals surface area contributed by atoms with Crippen molar-refractivity contribution in [3.05, 3.63) is 121 Å². The van der Waals surface area contributed by atoms with Crippen molar-refractivity contribution in [3.63, 3.8) is 0 Å². The summed E-state index contributed by atoms with van der Waals surface area (Å²) in [7, 11) is 0. The average Bonchev–Trinajstić information content (AvgIpc) is 3.24. The molecule has 74 heavy (non-hydrogen) atoms. The van der Waals surface area contributed by atoms with E-state index in [1.165, 1.54) is 12.3 Å². The summed E-state index contributed by atoms with van der Waals surface area (Å²) in [5.74, 6) is 0.982. The summed E-state index contributed by atoms with van der Waals surface area (Å²) < 4.78 is 27.0. The van der Waals surface area contributed by atoms with E-state index in [9.17, 15) is 24.0 Å². The number of rotatable bonds is 6. The quantitative estimate of drug-likeness (QED) is 0.0400. The fourth-order valence-electron chi connectivity index (χ4n) is 3.96. The molecule has 21 nitrogen and oxygen atoms in total. The van der Waals surface area contributed by atoms with Gasteiger partial charge in [-0.25, -0.2) is 24.4 Å². The number of pyridine rings is 5. The summed E-state index contributed by atoms with van der Waals surface area (Å²) in [6.07, 6.45) is 7.06. The molecule has 0 bridgehead atoms. The molecule has 5 heterocycles. The predicted molar refractivity (Wildman–Crippen MR) is 275 cm³/mol. The Balaban J connectivity index is -0.000000250. The van der Waals surface area contributed by atoms with Gasteiger partial charge in [0.1, 0.15) is 17.0 Å². The van der Waals surface area contributed by atoms with Crippen LogP contribution in [0.1, 0.15) is 78.0 Å². The summed E-state index contributed by atoms with van der Waals surface area (Å²) in [5.41, 5.74) is 12.2. The molecule has 5 N–H and O–H groups in total. The Morgan fingerprint density at radius 2 is 1.04 bits per heavy atom. The van der Waals surface area contributed by atoms with Crippen LogP contribution in [0.15, 0.2) is 73.4 Å². The third-order valence-electron chi connectivity index (χ3n) is 6.62. The average molecular weight is 1150 g/mol. The second-order valence-electron chi connectivity index (χ2n) is 14.7. The molecule has 0 radical (unpaired) electrons. The van der Waals surface area contributed by atoms with E-state index >= 15 is 0 Å². The smallest absolute Gasteiger partial charge is 0.870 e. The molecule has 28 heteroatoms. The number of aryl methyl sites for hydroxylation is 3. The van der Waals surface area contributed by atoms with Gasteiger partial charge >= 0.3 is 42.8 Å². The van der Waals surface area contributed by atoms with Crippen molar-refractivity contribution in [2.24, 2.45) is 0 Å². The van der Waals surface area contributed by atoms with Crippen LogP contribution in [0.25, 0.3) is 0 Å². The first kappa shape index (κ1) is 77.1. The van der Waals surface area contributed by atoms with Crippen LogP contribution in [0.2, 0.25) is 25.1 Å². The Kier molecular flexibility index (Phi) is 45.4. The van der Waals surface area contributed by atoms with E-state index in [-0.39, 0.29) is 53.6 Å². The van der Waals surface area contributed by atoms with Crippen molar-refractivity contribution >= 4 is 118 Å². The van der Waals surface area contributed by atoms with E-state index in [0.717, 1.165) is 33.4 Å². The van der Waals surface area contributed by atoms with Crippen LogP contribution >= 0.6 is 69.6 Å². The number of ether oxygens (including phenoxy) is 6. The van der Waals surface area contributed by atoms with Gasteiger partial charge in [-0.05, 0) is 124 Å². The molecule has 0 unspecified atom stereocenters. The normalized spacial score (nSPS) is 9.20. The van der Waals surface area contributed by atoms with E-state index in [1.54, 1.807) is 104 Å². The minimum Gasteiger partial charge on any atom is -0.870 e. The third kappa shape index (κ3) is 42.7. The molecule has 0 atom stereocenters. The molecule has 5 aromatic heterocycles. The number of hydrogen-bond acceptors (Lipinski definition) is 21. The number of nitrogens with two attached hydrogens (primary N) is 2. The van der Waals surface area contributed by atoms with Gasteiger partial charge in [-0.3, -0.25) is 24.5 Å². The summed E-state index contributed by atoms with van der Waals surface area (Å²) in [4.78, 5) is 87.1. The van der Waals surface area contributed by atoms with Crippen molar-refractivity contribution in [1.29, 1.82) is 0 Å². The van der Waals surface area contributed by atoms with Crippen LogP contribution in [-0.4, -0.2) is 85.0 Å². The molecule has 0 saturated carbocycles. The predicted octanol–water partition coefficient (Wildman–Crippen LogP) is 8.90. The van der Waals surface area contributed by atoms with Crippen LogP contribution in [0.5, 0.6) is 11.5 Å². The van der Waals surface area contributed by atoms with Gasteiger partial charge in [-0.2, -0.15) is 9.59 Å². The van der Waals surface area contributed by atoms with Crippen LogP contribution in [0.3, 0.4) is 0 Å². The first-order chi connectivity index (χ1) is 33.5. The third-order valence-corrected chi connectivity index (χ3v) is 8.15. The molecule has 0 spiro atoms. The molecule has 402 valence electrons. The van der Waals surface area contributed by atoms with Crippen molar-refractivity contribution in [3.8, 4) is 11.5 Å². The molecular formula is C46H56Cl6LiN7O14. The van der Waals surface area contributed by atoms with E-state index in [0.29, 0.717) is 40.4 Å². The molecule has 0 saturated heterocycles. The minimum atomic E-state index is -1.06. The van der Waals surface area contributed by atoms with Crippen LogP contribution in [0.4, 0.5) is 26.0 Å². The topological polar surface area (TPSA) is 321 Å². The fourth-order valence-corrected chi connectivity index (χ4v) is 5.22. The Bertz CT molecular complexity index is 2240. The summed E-state index contributed by atoms with van der Waals surface area (Å²) in [6.45, 7) is 20.3. The van der Waals surface area contributed by atoms with E-state index in [4.69, 9.17) is 100 Å². The van der Waals surface area contributed by atoms with Crippen LogP contribution in [0, 0.1) is 20.8 Å². The number of anilines is 2. The van der Waals surface area contributed by atoms with Gasteiger partial charge in [0.25, 0.3) is 12.9 Å². The van der Waals surface area contributed by atoms with Crippen molar-refractivity contribution in [2.45, 2.75) is 93.8 Å². The fraction of sp³-hybridized carbons (Fsp3) is 0.326. The number of aromatic nitrogens is 5. The maximum absolute atomic E-state index is 11.0. The summed E-state index contributed by atoms with van der Waals surface area (Å²) in [6, 6.07) is 11.7. The first-order valence-electron chi connectivity index (χ1n) is 20.2. The minimum absolute atomic E-state index is 0. The Labute approximate surface area is 471 Å². The molecule has 0 aliphatic carbocycles. The zero-order valence-corrected chi connectivity index (χ0v) is 46.9. The van der Waals surface area contributed by atoms with Crippen molar-refractivity contribution in [2.75, 3.05) is 18.1 Å². The number of nitrogen functional groups attached to an aromatic ring is 2. The zero-order chi connectivity index (χ0) is 56.0. The monoisotopic (exact) mass is 1150 g/mol. The van der Waals surface area contributed by atoms with Gasteiger partial charge in [0, 0.05) is 69.0 Å². The Morgan fingerprint density at radius 3 is 1.34 bits per heavy atom. The summed E-state index contributed by atoms with van der Waals surface area (Å²) >= 11 is 33.0. The molecule has 0 aliphatic rings. The van der Waals surface area contributed by atoms with Gasteiger partial charge < -0.3 is 45.4 Å². The zero-order valence-electron chi connectivity index (χ0n) is 42.4. The summed E-state index contributed by atoms with van der Waals surface area (Å²) in [5, 5.41) is 2.86. The molecule has 0 fully saturated rings. The number of carbonyl (C=O) groups excluding carboxylic acids is 7. The first-order valence-corrected chi connectivity index (χ1v) is 22.5. The number of hydrogen-bond donors (Lipinski definition) is 2. The van der Waals surface area contributed by atoms with Gasteiger partial charge in [-0.15, -0.1) is 0 Å². The molecule has 0 aliphatic heterocycles. The number of halogens is 6. The van der Waals surface area contributed by atoms with E-state index < -0.39 is 28.9 Å². The Hall–Kier alpha value is -5.82. The second-order valence-corrected chi connectivity index (χ2v) is 17.1. The second kappa shape index (κ2) is 43.6. The van der Waals surface area contributed by atoms with Gasteiger partial charge in [0.15, 0.2) is 17.3 Å². The number of nitrogens with zero attached hydrogens (tertiary/aromatic N) is 5. The molecular weight excluding hydrogens is 1090 g/mol. The molecule has 5 rings (SSSR count). The maximum Gasteiger partial charge on any atom is 1.00 e. The maximum atomic E-state index is 11.0. The van der Waals surface area contributed by atoms with E-state index in [1.807, 2.05) is 26.0 Å². The van der Waals surface area contributed by atoms with Crippen molar-refractivity contribution in [1.82, 2.24) is 24.9 Å². The largest absolute Gasteiger partial charge is 1.00 e. The molecule has 5 aromatic rings. The Morgan fingerprint density at radius 1 is 0.635 bits per heavy atom. The van der Waals surface area contributed by atoms with Crippen molar-refractivity contribution < 1.29 is 86.3 Å². The number of carbonyl (C=O) groups is 5. The molecule has 0 aromatic carbocycles. The van der Waals surface area contributed by atoms with E-state index in [2.05, 4.69) is 50.8 Å². The van der Waals surface area contributed by atoms with Crippen LogP contribution < -0.4 is 39.8 Å². The van der Waals surface area contributed by atoms with Gasteiger partial charge in [0.05, 0.1) is 22.3 Å². The van der Waals surface area contributed by atoms with Gasteiger partial charge in [0.2, 0.25) is 0 Å². The standard InChI is InChI=1S/C10H18O5.C8H10ClN.C7H6ClNO2.C6H5ClN2O2.C6H6ClN.C5H5ClN2.C3H5ClO2.CO2.Li.H2O/c1-9(2,3)14-7(11)13-8(12)15-10(4,5)6;1-3-7-6(2)10-5-4-8(7)9;1-5-7(11-4-10)6(8)2-3-9-5;7-4-1-2-9-6(8)5(4)11-3-10;1-5-4-6(7)2-3-8-5;6-4-1-2-8-5(7)3-4;1-2-6-3(4)5;2-1-3;;/h1-6H3;4-5H,3H2,1-2H3;2-4H,1H3;1-3H,(H2,8,9);2-4H,1H3;1-3H,(H2,7,8);2H2,1H3;;;1H2/q;;;;;;;;+1;/p-1. The van der Waals surface area contributed by atoms with Crippen LogP contribution in [-0.2, 0) is 44.5 Å². The molecule has 0 amide bonds.